The SMILES string of the molecule is O=c1ccc(=O)n(-c2cccc(Cl)c2Cl)[nH]1. The highest BCUT2D eigenvalue weighted by Crippen LogP contribution is 2.26. The first kappa shape index (κ1) is 11.0. The normalized spacial score (nSPS) is 10.4. The van der Waals surface area contributed by atoms with Crippen LogP contribution in [0.1, 0.15) is 0 Å². The van der Waals surface area contributed by atoms with Gasteiger partial charge in [-0.2, -0.15) is 0 Å². The van der Waals surface area contributed by atoms with E-state index in [4.69, 9.17) is 23.2 Å². The number of nitrogens with one attached hydrogen (secondary N) is 1. The molecule has 1 N–H and O–H groups in total. The van der Waals surface area contributed by atoms with Gasteiger partial charge in [0.25, 0.3) is 11.1 Å². The van der Waals surface area contributed by atoms with E-state index in [1.807, 2.05) is 0 Å². The van der Waals surface area contributed by atoms with Crippen LogP contribution < -0.4 is 11.1 Å². The molecular weight excluding hydrogens is 251 g/mol. The topological polar surface area (TPSA) is 54.9 Å². The minimum Gasteiger partial charge on any atom is -0.268 e. The Morgan fingerprint density at radius 2 is 1.81 bits per heavy atom. The van der Waals surface area contributed by atoms with Crippen molar-refractivity contribution in [2.75, 3.05) is 0 Å². The molecule has 0 unspecified atom stereocenters. The summed E-state index contributed by atoms with van der Waals surface area (Å²) in [6.07, 6.45) is 0. The predicted molar refractivity (Wildman–Crippen MR) is 62.7 cm³/mol. The van der Waals surface area contributed by atoms with Crippen LogP contribution in [0.2, 0.25) is 10.0 Å². The molecule has 0 amide bonds. The van der Waals surface area contributed by atoms with Gasteiger partial charge >= 0.3 is 0 Å². The van der Waals surface area contributed by atoms with Crippen LogP contribution in [-0.4, -0.2) is 9.78 Å². The van der Waals surface area contributed by atoms with E-state index in [-0.39, 0.29) is 10.6 Å². The molecule has 16 heavy (non-hydrogen) atoms. The highest BCUT2D eigenvalue weighted by atomic mass is 35.5. The van der Waals surface area contributed by atoms with Gasteiger partial charge in [-0.3, -0.25) is 14.7 Å². The van der Waals surface area contributed by atoms with E-state index < -0.39 is 5.56 Å². The van der Waals surface area contributed by atoms with Gasteiger partial charge in [-0.15, -0.1) is 0 Å². The summed E-state index contributed by atoms with van der Waals surface area (Å²) in [7, 11) is 0. The molecule has 0 aliphatic heterocycles. The lowest BCUT2D eigenvalue weighted by molar-refractivity contribution is 0.786. The van der Waals surface area contributed by atoms with Gasteiger partial charge in [-0.1, -0.05) is 29.3 Å². The Morgan fingerprint density at radius 3 is 2.56 bits per heavy atom. The standard InChI is InChI=1S/C10H6Cl2N2O2/c11-6-2-1-3-7(10(6)12)14-9(16)5-4-8(15)13-14/h1-5H,(H,13,15). The van der Waals surface area contributed by atoms with Gasteiger partial charge in [0.2, 0.25) is 0 Å². The second-order valence-electron chi connectivity index (χ2n) is 3.06. The van der Waals surface area contributed by atoms with Crippen molar-refractivity contribution in [2.24, 2.45) is 0 Å². The number of H-pyrrole nitrogens is 1. The highest BCUT2D eigenvalue weighted by molar-refractivity contribution is 6.43. The summed E-state index contributed by atoms with van der Waals surface area (Å²) in [6, 6.07) is 7.14. The third-order valence-corrected chi connectivity index (χ3v) is 2.80. The van der Waals surface area contributed by atoms with Crippen LogP contribution in [-0.2, 0) is 0 Å². The molecule has 2 rings (SSSR count). The van der Waals surface area contributed by atoms with E-state index >= 15 is 0 Å². The summed E-state index contributed by atoms with van der Waals surface area (Å²) in [5, 5.41) is 2.90. The third kappa shape index (κ3) is 1.89. The Kier molecular flexibility index (Phi) is 2.85. The zero-order valence-electron chi connectivity index (χ0n) is 7.91. The van der Waals surface area contributed by atoms with Crippen LogP contribution in [0.25, 0.3) is 5.69 Å². The van der Waals surface area contributed by atoms with Crippen molar-refractivity contribution < 1.29 is 0 Å². The zero-order chi connectivity index (χ0) is 11.7. The van der Waals surface area contributed by atoms with Crippen molar-refractivity contribution in [3.8, 4) is 5.69 Å². The quantitative estimate of drug-likeness (QED) is 0.847. The number of aromatic amines is 1. The molecule has 4 nitrogen and oxygen atoms in total. The maximum Gasteiger partial charge on any atom is 0.269 e. The van der Waals surface area contributed by atoms with E-state index in [1.54, 1.807) is 18.2 Å². The lowest BCUT2D eigenvalue weighted by Gasteiger charge is -2.07. The summed E-state index contributed by atoms with van der Waals surface area (Å²) in [5.74, 6) is 0. The molecule has 0 saturated heterocycles. The molecule has 0 spiro atoms. The molecule has 1 heterocycles. The summed E-state index contributed by atoms with van der Waals surface area (Å²) in [6.45, 7) is 0. The van der Waals surface area contributed by atoms with Gasteiger partial charge < -0.3 is 0 Å². The van der Waals surface area contributed by atoms with Crippen LogP contribution >= 0.6 is 23.2 Å². The lowest BCUT2D eigenvalue weighted by atomic mass is 10.3. The molecular formula is C10H6Cl2N2O2. The summed E-state index contributed by atoms with van der Waals surface area (Å²) in [4.78, 5) is 22.6. The van der Waals surface area contributed by atoms with E-state index in [9.17, 15) is 9.59 Å². The second kappa shape index (κ2) is 4.15. The smallest absolute Gasteiger partial charge is 0.268 e. The van der Waals surface area contributed by atoms with Gasteiger partial charge in [0.15, 0.2) is 0 Å². The van der Waals surface area contributed by atoms with Crippen molar-refractivity contribution in [1.29, 1.82) is 0 Å². The molecule has 2 aromatic rings. The number of hydrogen-bond acceptors (Lipinski definition) is 2. The minimum atomic E-state index is -0.393. The van der Waals surface area contributed by atoms with Gasteiger partial charge in [-0.25, -0.2) is 4.68 Å². The van der Waals surface area contributed by atoms with Crippen LogP contribution in [0.3, 0.4) is 0 Å². The molecule has 1 aromatic carbocycles. The maximum atomic E-state index is 11.5. The summed E-state index contributed by atoms with van der Waals surface area (Å²) >= 11 is 11.8. The van der Waals surface area contributed by atoms with Gasteiger partial charge in [0.1, 0.15) is 0 Å². The first-order valence-corrected chi connectivity index (χ1v) is 5.12. The van der Waals surface area contributed by atoms with Crippen molar-refractivity contribution in [3.63, 3.8) is 0 Å². The predicted octanol–water partition coefficient (Wildman–Crippen LogP) is 1.83. The zero-order valence-corrected chi connectivity index (χ0v) is 9.42. The van der Waals surface area contributed by atoms with E-state index in [0.717, 1.165) is 16.8 Å². The fourth-order valence-electron chi connectivity index (χ4n) is 1.27. The van der Waals surface area contributed by atoms with E-state index in [1.165, 1.54) is 0 Å². The molecule has 82 valence electrons. The molecule has 0 fully saturated rings. The third-order valence-electron chi connectivity index (χ3n) is 1.99. The average molecular weight is 257 g/mol. The molecule has 0 atom stereocenters. The van der Waals surface area contributed by atoms with Gasteiger partial charge in [0, 0.05) is 12.1 Å². The van der Waals surface area contributed by atoms with Crippen LogP contribution in [0.5, 0.6) is 0 Å². The van der Waals surface area contributed by atoms with Crippen molar-refractivity contribution in [3.05, 3.63) is 61.1 Å². The Morgan fingerprint density at radius 1 is 1.06 bits per heavy atom. The summed E-state index contributed by atoms with van der Waals surface area (Å²) in [5.41, 5.74) is -0.434. The minimum absolute atomic E-state index is 0.216. The first-order valence-electron chi connectivity index (χ1n) is 4.36. The highest BCUT2D eigenvalue weighted by Gasteiger charge is 2.07. The Labute approximate surface area is 100 Å². The number of benzene rings is 1. The second-order valence-corrected chi connectivity index (χ2v) is 3.84. The van der Waals surface area contributed by atoms with Crippen LogP contribution in [0.4, 0.5) is 0 Å². The molecule has 0 saturated carbocycles. The average Bonchev–Trinajstić information content (AvgIpc) is 2.26. The largest absolute Gasteiger partial charge is 0.269 e. The van der Waals surface area contributed by atoms with Crippen molar-refractivity contribution in [1.82, 2.24) is 9.78 Å². The Balaban J connectivity index is 2.77. The van der Waals surface area contributed by atoms with Crippen LogP contribution in [0.15, 0.2) is 39.9 Å². The van der Waals surface area contributed by atoms with Gasteiger partial charge in [0.05, 0.1) is 15.7 Å². The Bertz CT molecular complexity index is 646. The fourth-order valence-corrected chi connectivity index (χ4v) is 1.65. The van der Waals surface area contributed by atoms with E-state index in [2.05, 4.69) is 5.10 Å². The molecule has 6 heteroatoms. The van der Waals surface area contributed by atoms with Crippen molar-refractivity contribution in [2.45, 2.75) is 0 Å². The number of hydrogen-bond donors (Lipinski definition) is 1. The molecule has 0 radical (unpaired) electrons. The maximum absolute atomic E-state index is 11.5. The number of rotatable bonds is 1. The summed E-state index contributed by atoms with van der Waals surface area (Å²) < 4.78 is 1.05. The molecule has 0 aliphatic rings. The molecule has 0 bridgehead atoms. The molecule has 0 aliphatic carbocycles. The first-order chi connectivity index (χ1) is 7.59. The number of aromatic nitrogens is 2. The van der Waals surface area contributed by atoms with Crippen molar-refractivity contribution >= 4 is 23.2 Å². The lowest BCUT2D eigenvalue weighted by Crippen LogP contribution is -2.26. The monoisotopic (exact) mass is 256 g/mol. The number of halogens is 2. The van der Waals surface area contributed by atoms with E-state index in [0.29, 0.717) is 10.7 Å². The van der Waals surface area contributed by atoms with Crippen LogP contribution in [0, 0.1) is 0 Å². The van der Waals surface area contributed by atoms with Gasteiger partial charge in [-0.05, 0) is 12.1 Å². The molecule has 1 aromatic heterocycles. The number of nitrogens with zero attached hydrogens (tertiary/aromatic N) is 1. The Hall–Kier alpha value is -1.52. The fraction of sp³-hybridized carbons (Fsp3) is 0.